The molecule has 0 unspecified atom stereocenters. The molecule has 0 radical (unpaired) electrons. The van der Waals surface area contributed by atoms with Crippen molar-refractivity contribution in [3.05, 3.63) is 54.4 Å². The summed E-state index contributed by atoms with van der Waals surface area (Å²) in [6, 6.07) is 14.0. The first-order chi connectivity index (χ1) is 11.7. The van der Waals surface area contributed by atoms with E-state index in [1.54, 1.807) is 37.3 Å². The first kappa shape index (κ1) is 15.5. The van der Waals surface area contributed by atoms with E-state index in [4.69, 9.17) is 9.26 Å². The number of benzene rings is 2. The van der Waals surface area contributed by atoms with E-state index in [2.05, 4.69) is 20.8 Å². The average Bonchev–Trinajstić information content (AvgIpc) is 3.02. The van der Waals surface area contributed by atoms with Gasteiger partial charge in [0.2, 0.25) is 0 Å². The molecule has 0 atom stereocenters. The molecule has 0 spiro atoms. The number of rotatable bonds is 4. The lowest BCUT2D eigenvalue weighted by Crippen LogP contribution is -2.19. The second-order valence-corrected chi connectivity index (χ2v) is 5.01. The van der Waals surface area contributed by atoms with Crippen LogP contribution in [0.4, 0.5) is 16.2 Å². The van der Waals surface area contributed by atoms with Gasteiger partial charge in [-0.15, -0.1) is 0 Å². The molecule has 3 aromatic rings. The van der Waals surface area contributed by atoms with E-state index in [1.165, 1.54) is 7.11 Å². The topological polar surface area (TPSA) is 89.3 Å². The van der Waals surface area contributed by atoms with Gasteiger partial charge in [0.05, 0.1) is 12.8 Å². The van der Waals surface area contributed by atoms with Crippen LogP contribution in [0.1, 0.15) is 5.82 Å². The molecule has 0 fully saturated rings. The number of aromatic nitrogens is 2. The van der Waals surface area contributed by atoms with Crippen LogP contribution in [0.2, 0.25) is 0 Å². The van der Waals surface area contributed by atoms with Crippen molar-refractivity contribution in [3.8, 4) is 17.2 Å². The summed E-state index contributed by atoms with van der Waals surface area (Å²) >= 11 is 0. The zero-order valence-electron chi connectivity index (χ0n) is 13.2. The Morgan fingerprint density at radius 2 is 1.92 bits per heavy atom. The molecule has 0 saturated heterocycles. The average molecular weight is 324 g/mol. The molecule has 7 nitrogen and oxygen atoms in total. The van der Waals surface area contributed by atoms with Gasteiger partial charge >= 0.3 is 6.03 Å². The highest BCUT2D eigenvalue weighted by atomic mass is 16.5. The number of para-hydroxylation sites is 1. The third kappa shape index (κ3) is 3.52. The number of nitrogens with zero attached hydrogens (tertiary/aromatic N) is 2. The lowest BCUT2D eigenvalue weighted by atomic mass is 10.2. The summed E-state index contributed by atoms with van der Waals surface area (Å²) in [5, 5.41) is 9.28. The minimum Gasteiger partial charge on any atom is -0.495 e. The molecule has 7 heteroatoms. The second-order valence-electron chi connectivity index (χ2n) is 5.01. The minimum absolute atomic E-state index is 0.377. The molecule has 0 aliphatic rings. The number of amides is 2. The van der Waals surface area contributed by atoms with Crippen LogP contribution in [0.15, 0.2) is 53.1 Å². The van der Waals surface area contributed by atoms with Crippen molar-refractivity contribution in [3.63, 3.8) is 0 Å². The second kappa shape index (κ2) is 6.82. The lowest BCUT2D eigenvalue weighted by Gasteiger charge is -2.12. The third-order valence-electron chi connectivity index (χ3n) is 3.25. The van der Waals surface area contributed by atoms with Gasteiger partial charge in [0, 0.05) is 11.3 Å². The largest absolute Gasteiger partial charge is 0.495 e. The standard InChI is InChI=1S/C17H16N4O3/c1-11-18-16(24-21-11)12-8-9-15(23-2)14(10-12)20-17(22)19-13-6-4-3-5-7-13/h3-10H,1-2H3,(H2,19,20,22). The number of aryl methyl sites for hydroxylation is 1. The highest BCUT2D eigenvalue weighted by molar-refractivity contribution is 6.01. The molecule has 2 N–H and O–H groups in total. The van der Waals surface area contributed by atoms with E-state index in [0.29, 0.717) is 34.4 Å². The maximum absolute atomic E-state index is 12.2. The molecule has 1 heterocycles. The van der Waals surface area contributed by atoms with Crippen LogP contribution in [0.3, 0.4) is 0 Å². The summed E-state index contributed by atoms with van der Waals surface area (Å²) in [4.78, 5) is 16.4. The van der Waals surface area contributed by atoms with Crippen molar-refractivity contribution >= 4 is 17.4 Å². The summed E-state index contributed by atoms with van der Waals surface area (Å²) in [7, 11) is 1.53. The Bertz CT molecular complexity index is 846. The monoisotopic (exact) mass is 324 g/mol. The van der Waals surface area contributed by atoms with Gasteiger partial charge in [-0.3, -0.25) is 0 Å². The molecule has 2 amide bonds. The number of hydrogen-bond donors (Lipinski definition) is 2. The summed E-state index contributed by atoms with van der Waals surface area (Å²) in [6.07, 6.45) is 0. The lowest BCUT2D eigenvalue weighted by molar-refractivity contribution is 0.262. The normalized spacial score (nSPS) is 10.2. The SMILES string of the molecule is COc1ccc(-c2nc(C)no2)cc1NC(=O)Nc1ccccc1. The van der Waals surface area contributed by atoms with Crippen molar-refractivity contribution in [1.82, 2.24) is 10.1 Å². The predicted molar refractivity (Wildman–Crippen MR) is 90.1 cm³/mol. The third-order valence-corrected chi connectivity index (χ3v) is 3.25. The maximum atomic E-state index is 12.2. The van der Waals surface area contributed by atoms with Crippen molar-refractivity contribution in [2.75, 3.05) is 17.7 Å². The molecule has 0 aliphatic heterocycles. The Labute approximate surface area is 138 Å². The quantitative estimate of drug-likeness (QED) is 0.764. The van der Waals surface area contributed by atoms with E-state index >= 15 is 0 Å². The summed E-state index contributed by atoms with van der Waals surface area (Å²) in [5.74, 6) is 1.44. The molecular formula is C17H16N4O3. The van der Waals surface area contributed by atoms with Crippen LogP contribution in [-0.4, -0.2) is 23.3 Å². The maximum Gasteiger partial charge on any atom is 0.323 e. The van der Waals surface area contributed by atoms with E-state index in [0.717, 1.165) is 0 Å². The van der Waals surface area contributed by atoms with Crippen LogP contribution in [0.25, 0.3) is 11.5 Å². The summed E-state index contributed by atoms with van der Waals surface area (Å²) in [6.45, 7) is 1.74. The smallest absolute Gasteiger partial charge is 0.323 e. The minimum atomic E-state index is -0.377. The van der Waals surface area contributed by atoms with Gasteiger partial charge in [0.15, 0.2) is 5.82 Å². The van der Waals surface area contributed by atoms with Gasteiger partial charge in [0.1, 0.15) is 5.75 Å². The van der Waals surface area contributed by atoms with Gasteiger partial charge in [0.25, 0.3) is 5.89 Å². The van der Waals surface area contributed by atoms with Crippen LogP contribution >= 0.6 is 0 Å². The number of urea groups is 1. The molecular weight excluding hydrogens is 308 g/mol. The molecule has 2 aromatic carbocycles. The molecule has 1 aromatic heterocycles. The number of carbonyl (C=O) groups excluding carboxylic acids is 1. The highest BCUT2D eigenvalue weighted by Crippen LogP contribution is 2.30. The Morgan fingerprint density at radius 1 is 1.12 bits per heavy atom. The van der Waals surface area contributed by atoms with Crippen LogP contribution in [-0.2, 0) is 0 Å². The van der Waals surface area contributed by atoms with Gasteiger partial charge in [-0.1, -0.05) is 23.4 Å². The molecule has 24 heavy (non-hydrogen) atoms. The van der Waals surface area contributed by atoms with Gasteiger partial charge in [-0.05, 0) is 37.3 Å². The van der Waals surface area contributed by atoms with Gasteiger partial charge < -0.3 is 19.9 Å². The number of methoxy groups -OCH3 is 1. The van der Waals surface area contributed by atoms with Crippen molar-refractivity contribution in [2.24, 2.45) is 0 Å². The number of nitrogens with one attached hydrogen (secondary N) is 2. The summed E-state index contributed by atoms with van der Waals surface area (Å²) in [5.41, 5.74) is 1.88. The van der Waals surface area contributed by atoms with Gasteiger partial charge in [-0.25, -0.2) is 4.79 Å². The number of anilines is 2. The van der Waals surface area contributed by atoms with Gasteiger partial charge in [-0.2, -0.15) is 4.98 Å². The van der Waals surface area contributed by atoms with Crippen LogP contribution in [0, 0.1) is 6.92 Å². The van der Waals surface area contributed by atoms with Crippen LogP contribution < -0.4 is 15.4 Å². The van der Waals surface area contributed by atoms with E-state index in [9.17, 15) is 4.79 Å². The van der Waals surface area contributed by atoms with E-state index < -0.39 is 0 Å². The zero-order chi connectivity index (χ0) is 16.9. The van der Waals surface area contributed by atoms with E-state index in [1.807, 2.05) is 18.2 Å². The molecule has 122 valence electrons. The zero-order valence-corrected chi connectivity index (χ0v) is 13.2. The van der Waals surface area contributed by atoms with Crippen molar-refractivity contribution in [2.45, 2.75) is 6.92 Å². The number of ether oxygens (including phenoxy) is 1. The Morgan fingerprint density at radius 3 is 2.58 bits per heavy atom. The van der Waals surface area contributed by atoms with Crippen LogP contribution in [0.5, 0.6) is 5.75 Å². The molecule has 0 aliphatic carbocycles. The Kier molecular flexibility index (Phi) is 4.42. The molecule has 0 bridgehead atoms. The summed E-state index contributed by atoms with van der Waals surface area (Å²) < 4.78 is 10.4. The Balaban J connectivity index is 1.82. The fraction of sp³-hybridized carbons (Fsp3) is 0.118. The molecule has 0 saturated carbocycles. The van der Waals surface area contributed by atoms with Crippen molar-refractivity contribution in [1.29, 1.82) is 0 Å². The number of carbonyl (C=O) groups is 1. The first-order valence-electron chi connectivity index (χ1n) is 7.27. The van der Waals surface area contributed by atoms with E-state index in [-0.39, 0.29) is 6.03 Å². The van der Waals surface area contributed by atoms with Crippen molar-refractivity contribution < 1.29 is 14.1 Å². The molecule has 3 rings (SSSR count). The number of hydrogen-bond acceptors (Lipinski definition) is 5. The highest BCUT2D eigenvalue weighted by Gasteiger charge is 2.13. The fourth-order valence-electron chi connectivity index (χ4n) is 2.16. The Hall–Kier alpha value is -3.35. The fourth-order valence-corrected chi connectivity index (χ4v) is 2.16. The predicted octanol–water partition coefficient (Wildman–Crippen LogP) is 3.70. The first-order valence-corrected chi connectivity index (χ1v) is 7.27.